The van der Waals surface area contributed by atoms with Gasteiger partial charge in [0, 0.05) is 25.7 Å². The molecule has 4 nitrogen and oxygen atoms in total. The summed E-state index contributed by atoms with van der Waals surface area (Å²) in [5.74, 6) is 3.94. The van der Waals surface area contributed by atoms with E-state index < -0.39 is 5.60 Å². The van der Waals surface area contributed by atoms with Crippen LogP contribution in [0.2, 0.25) is 0 Å². The molecule has 5 unspecified atom stereocenters. The van der Waals surface area contributed by atoms with Crippen molar-refractivity contribution >= 4 is 6.09 Å². The van der Waals surface area contributed by atoms with Gasteiger partial charge in [0.25, 0.3) is 0 Å². The van der Waals surface area contributed by atoms with Gasteiger partial charge in [-0.25, -0.2) is 4.79 Å². The first-order valence-corrected chi connectivity index (χ1v) is 9.60. The number of nitrogens with zero attached hydrogens (tertiary/aromatic N) is 1. The third kappa shape index (κ3) is 3.67. The summed E-state index contributed by atoms with van der Waals surface area (Å²) < 4.78 is 5.48. The fourth-order valence-corrected chi connectivity index (χ4v) is 5.39. The monoisotopic (exact) mass is 322 g/mol. The lowest BCUT2D eigenvalue weighted by atomic mass is 9.79. The number of rotatable bonds is 5. The van der Waals surface area contributed by atoms with Crippen LogP contribution in [0.4, 0.5) is 4.79 Å². The van der Waals surface area contributed by atoms with Crippen molar-refractivity contribution in [1.29, 1.82) is 0 Å². The van der Waals surface area contributed by atoms with Crippen LogP contribution < -0.4 is 5.32 Å². The van der Waals surface area contributed by atoms with E-state index in [9.17, 15) is 4.79 Å². The Morgan fingerprint density at radius 2 is 1.91 bits per heavy atom. The van der Waals surface area contributed by atoms with E-state index in [-0.39, 0.29) is 6.09 Å². The Morgan fingerprint density at radius 1 is 1.17 bits per heavy atom. The van der Waals surface area contributed by atoms with Crippen LogP contribution in [0.15, 0.2) is 0 Å². The summed E-state index contributed by atoms with van der Waals surface area (Å²) in [5, 5.41) is 3.76. The van der Waals surface area contributed by atoms with Crippen molar-refractivity contribution in [2.45, 2.75) is 71.4 Å². The number of ether oxygens (including phenoxy) is 1. The Hall–Kier alpha value is -0.770. The highest BCUT2D eigenvalue weighted by molar-refractivity contribution is 5.68. The number of hydrogen-bond acceptors (Lipinski definition) is 3. The van der Waals surface area contributed by atoms with E-state index in [4.69, 9.17) is 4.74 Å². The van der Waals surface area contributed by atoms with Crippen LogP contribution >= 0.6 is 0 Å². The van der Waals surface area contributed by atoms with Crippen molar-refractivity contribution in [3.8, 4) is 0 Å². The predicted molar refractivity (Wildman–Crippen MR) is 92.3 cm³/mol. The topological polar surface area (TPSA) is 41.6 Å². The Kier molecular flexibility index (Phi) is 4.91. The molecule has 1 N–H and O–H groups in total. The molecule has 0 aromatic carbocycles. The second-order valence-electron chi connectivity index (χ2n) is 8.77. The zero-order chi connectivity index (χ0) is 16.6. The lowest BCUT2D eigenvalue weighted by Crippen LogP contribution is -2.45. The van der Waals surface area contributed by atoms with Gasteiger partial charge < -0.3 is 15.0 Å². The minimum atomic E-state index is -0.417. The number of carbonyl (C=O) groups is 1. The highest BCUT2D eigenvalue weighted by Gasteiger charge is 2.53. The minimum Gasteiger partial charge on any atom is -0.444 e. The zero-order valence-corrected chi connectivity index (χ0v) is 15.3. The molecular formula is C19H34N2O2. The van der Waals surface area contributed by atoms with Gasteiger partial charge in [-0.3, -0.25) is 0 Å². The highest BCUT2D eigenvalue weighted by Crippen LogP contribution is 2.58. The average Bonchev–Trinajstić information content (AvgIpc) is 3.13. The van der Waals surface area contributed by atoms with Crippen LogP contribution in [0.5, 0.6) is 0 Å². The maximum atomic E-state index is 12.2. The Labute approximate surface area is 141 Å². The van der Waals surface area contributed by atoms with E-state index in [0.717, 1.165) is 36.8 Å². The Balaban J connectivity index is 1.43. The van der Waals surface area contributed by atoms with Gasteiger partial charge in [0.05, 0.1) is 0 Å². The smallest absolute Gasteiger partial charge is 0.410 e. The van der Waals surface area contributed by atoms with Crippen LogP contribution in [-0.2, 0) is 4.74 Å². The van der Waals surface area contributed by atoms with Crippen molar-refractivity contribution in [1.82, 2.24) is 10.2 Å². The molecule has 3 saturated carbocycles. The Morgan fingerprint density at radius 3 is 2.61 bits per heavy atom. The van der Waals surface area contributed by atoms with E-state index in [1.54, 1.807) is 0 Å². The molecule has 3 rings (SSSR count). The number of carbonyl (C=O) groups excluding carboxylic acids is 1. The predicted octanol–water partition coefficient (Wildman–Crippen LogP) is 3.66. The molecule has 0 radical (unpaired) electrons. The summed E-state index contributed by atoms with van der Waals surface area (Å²) in [6.07, 6.45) is 7.04. The lowest BCUT2D eigenvalue weighted by molar-refractivity contribution is 0.0259. The van der Waals surface area contributed by atoms with Crippen LogP contribution in [0.1, 0.15) is 59.8 Å². The normalized spacial score (nSPS) is 35.4. The third-order valence-electron chi connectivity index (χ3n) is 6.25. The molecule has 1 amide bonds. The van der Waals surface area contributed by atoms with E-state index >= 15 is 0 Å². The summed E-state index contributed by atoms with van der Waals surface area (Å²) in [7, 11) is 0. The second-order valence-corrected chi connectivity index (χ2v) is 8.77. The van der Waals surface area contributed by atoms with E-state index in [2.05, 4.69) is 5.32 Å². The molecule has 3 fully saturated rings. The van der Waals surface area contributed by atoms with Crippen molar-refractivity contribution < 1.29 is 9.53 Å². The first kappa shape index (κ1) is 17.1. The van der Waals surface area contributed by atoms with Gasteiger partial charge in [-0.1, -0.05) is 6.42 Å². The molecule has 0 aromatic heterocycles. The molecular weight excluding hydrogens is 288 g/mol. The fourth-order valence-electron chi connectivity index (χ4n) is 5.39. The second kappa shape index (κ2) is 6.62. The summed E-state index contributed by atoms with van der Waals surface area (Å²) in [6, 6.07) is 0.691. The molecule has 4 heteroatoms. The van der Waals surface area contributed by atoms with Gasteiger partial charge in [0.2, 0.25) is 0 Å². The van der Waals surface area contributed by atoms with Gasteiger partial charge >= 0.3 is 6.09 Å². The van der Waals surface area contributed by atoms with Gasteiger partial charge in [-0.2, -0.15) is 0 Å². The largest absolute Gasteiger partial charge is 0.444 e. The number of nitrogens with one attached hydrogen (secondary N) is 1. The SMILES string of the molecule is CCN(CCNC1CC2CC1C1CCCC21)C(=O)OC(C)(C)C. The van der Waals surface area contributed by atoms with Crippen molar-refractivity contribution in [2.24, 2.45) is 23.7 Å². The lowest BCUT2D eigenvalue weighted by Gasteiger charge is -2.33. The van der Waals surface area contributed by atoms with Crippen LogP contribution in [0, 0.1) is 23.7 Å². The first-order chi connectivity index (χ1) is 10.9. The van der Waals surface area contributed by atoms with Gasteiger partial charge in [-0.15, -0.1) is 0 Å². The molecule has 0 heterocycles. The molecule has 132 valence electrons. The average molecular weight is 322 g/mol. The first-order valence-electron chi connectivity index (χ1n) is 9.60. The zero-order valence-electron chi connectivity index (χ0n) is 15.3. The summed E-state index contributed by atoms with van der Waals surface area (Å²) in [6.45, 7) is 10.1. The summed E-state index contributed by atoms with van der Waals surface area (Å²) >= 11 is 0. The minimum absolute atomic E-state index is 0.189. The van der Waals surface area contributed by atoms with Gasteiger partial charge in [-0.05, 0) is 77.0 Å². The molecule has 23 heavy (non-hydrogen) atoms. The summed E-state index contributed by atoms with van der Waals surface area (Å²) in [5.41, 5.74) is -0.417. The highest BCUT2D eigenvalue weighted by atomic mass is 16.6. The number of hydrogen-bond donors (Lipinski definition) is 1. The van der Waals surface area contributed by atoms with Crippen LogP contribution in [-0.4, -0.2) is 42.3 Å². The maximum Gasteiger partial charge on any atom is 0.410 e. The molecule has 5 atom stereocenters. The number of fused-ring (bicyclic) bond motifs is 5. The molecule has 0 aliphatic heterocycles. The van der Waals surface area contributed by atoms with Crippen LogP contribution in [0.3, 0.4) is 0 Å². The quantitative estimate of drug-likeness (QED) is 0.840. The molecule has 0 spiro atoms. The number of amides is 1. The van der Waals surface area contributed by atoms with Crippen molar-refractivity contribution in [3.63, 3.8) is 0 Å². The third-order valence-corrected chi connectivity index (χ3v) is 6.25. The van der Waals surface area contributed by atoms with E-state index in [0.29, 0.717) is 12.6 Å². The fraction of sp³-hybridized carbons (Fsp3) is 0.947. The molecule has 2 bridgehead atoms. The van der Waals surface area contributed by atoms with Crippen molar-refractivity contribution in [3.05, 3.63) is 0 Å². The molecule has 3 aliphatic rings. The van der Waals surface area contributed by atoms with Gasteiger partial charge in [0.1, 0.15) is 5.60 Å². The molecule has 0 saturated heterocycles. The maximum absolute atomic E-state index is 12.2. The molecule has 3 aliphatic carbocycles. The standard InChI is InChI=1S/C19H34N2O2/c1-5-21(18(22)23-19(2,3)4)10-9-20-17-12-13-11-16(17)15-8-6-7-14(13)15/h13-17,20H,5-12H2,1-4H3. The summed E-state index contributed by atoms with van der Waals surface area (Å²) in [4.78, 5) is 14.0. The van der Waals surface area contributed by atoms with E-state index in [1.807, 2.05) is 32.6 Å². The number of likely N-dealkylation sites (N-methyl/N-ethyl adjacent to an activating group) is 1. The van der Waals surface area contributed by atoms with E-state index in [1.165, 1.54) is 32.1 Å². The molecule has 0 aromatic rings. The van der Waals surface area contributed by atoms with Gasteiger partial charge in [0.15, 0.2) is 0 Å². The van der Waals surface area contributed by atoms with Crippen LogP contribution in [0.25, 0.3) is 0 Å². The van der Waals surface area contributed by atoms with Crippen molar-refractivity contribution in [2.75, 3.05) is 19.6 Å². The Bertz CT molecular complexity index is 432.